The minimum Gasteiger partial charge on any atom is -0.456 e. The Labute approximate surface area is 833 Å². The zero-order chi connectivity index (χ0) is 100. The second-order valence-electron chi connectivity index (χ2n) is 36.9. The van der Waals surface area contributed by atoms with E-state index in [1.807, 2.05) is 72.8 Å². The summed E-state index contributed by atoms with van der Waals surface area (Å²) in [5.74, 6) is 0.870. The van der Waals surface area contributed by atoms with Crippen molar-refractivity contribution in [2.75, 3.05) is 69.7 Å². The van der Waals surface area contributed by atoms with Gasteiger partial charge in [-0.3, -0.25) is 40.5 Å². The Balaban J connectivity index is 0.985. The Morgan fingerprint density at radius 1 is 0.236 bits per heavy atom. The maximum absolute atomic E-state index is 14.5. The van der Waals surface area contributed by atoms with Crippen LogP contribution in [0.2, 0.25) is 0 Å². The molecule has 5 aliphatic rings. The summed E-state index contributed by atoms with van der Waals surface area (Å²) in [6.45, 7) is 7.08. The number of non-ortho nitro benzene ring substituents is 4. The van der Waals surface area contributed by atoms with Gasteiger partial charge in [-0.25, -0.2) is 19.2 Å². The smallest absolute Gasteiger partial charge is 0.323 e. The number of unbranched alkanes of at least 4 members (excludes halogenated alkanes) is 16. The zero-order valence-corrected chi connectivity index (χ0v) is 80.8. The molecule has 12 aromatic rings. The molecule has 0 aromatic heterocycles. The first kappa shape index (κ1) is 99.3. The summed E-state index contributed by atoms with van der Waals surface area (Å²) in [5, 5.41) is 71.0. The Morgan fingerprint density at radius 2 is 0.410 bits per heavy atom. The first-order valence-corrected chi connectivity index (χ1v) is 49.8. The van der Waals surface area contributed by atoms with Crippen LogP contribution in [0.5, 0.6) is 46.0 Å². The quantitative estimate of drug-likeness (QED) is 0.0100. The van der Waals surface area contributed by atoms with E-state index < -0.39 is 94.7 Å². The van der Waals surface area contributed by atoms with Crippen LogP contribution >= 0.6 is 0 Å². The summed E-state index contributed by atoms with van der Waals surface area (Å²) in [5.41, 5.74) is 12.8. The number of carbonyl (C=O) groups excluding carboxylic acids is 4. The second kappa shape index (κ2) is 46.4. The molecule has 0 unspecified atom stereocenters. The summed E-state index contributed by atoms with van der Waals surface area (Å²) >= 11 is 0. The lowest BCUT2D eigenvalue weighted by molar-refractivity contribution is -0.385. The van der Waals surface area contributed by atoms with E-state index in [4.69, 9.17) is 37.9 Å². The first-order chi connectivity index (χ1) is 70.2. The summed E-state index contributed by atoms with van der Waals surface area (Å²) in [6.07, 6.45) is 19.8. The van der Waals surface area contributed by atoms with Crippen LogP contribution in [0, 0.1) is 40.5 Å². The van der Waals surface area contributed by atoms with Crippen LogP contribution in [0.3, 0.4) is 0 Å². The van der Waals surface area contributed by atoms with Crippen molar-refractivity contribution in [1.82, 2.24) is 0 Å². The largest absolute Gasteiger partial charge is 0.456 e. The molecular weight excluding hydrogens is 1830 g/mol. The van der Waals surface area contributed by atoms with Crippen molar-refractivity contribution in [3.63, 3.8) is 0 Å². The number of hydrogen-bond donors (Lipinski definition) is 8. The summed E-state index contributed by atoms with van der Waals surface area (Å²) < 4.78 is 60.6. The molecule has 4 aliphatic heterocycles. The highest BCUT2D eigenvalue weighted by Crippen LogP contribution is 2.63. The van der Waals surface area contributed by atoms with Crippen molar-refractivity contribution in [3.05, 3.63) is 303 Å². The number of carbonyl (C=O) groups is 4. The molecule has 8 N–H and O–H groups in total. The minimum absolute atomic E-state index is 0.149. The molecule has 0 spiro atoms. The van der Waals surface area contributed by atoms with Crippen LogP contribution in [0.15, 0.2) is 218 Å². The number of nitrogens with zero attached hydrogens (tertiary/aromatic N) is 4. The van der Waals surface area contributed by atoms with Gasteiger partial charge in [0.1, 0.15) is 46.0 Å². The van der Waals surface area contributed by atoms with E-state index in [1.54, 1.807) is 24.3 Å². The standard InChI is InChI=1S/C112H116N12O20/c1-5-9-13-17-21-37-85-89-61-91-86(38-22-18-14-10-6-2)93-63-95-88(40-24-20-16-12-8-4)96-64-94-87(39-23-19-15-11-7-3)92-62-90(85)102-98(70-30-26-34-78(58-70)118-110(126)114-74-43-51-82(52-44-74)122(131)132)104(92)140-67-142-106(94)100(72-32-28-36-80(60-72)120-112(128)116-76-47-55-84(56-48-76)124(135)136)108(96)144-68-143-107(95)99(71-31-27-35-79(59-71)119-111(127)115-75-45-53-83(54-46-75)123(133)134)105(93)141-66-139-103(91)97(101(89)137-65-138-102)69-29-25-33-77(57-69)117-109(125)113-73-41-49-81(50-42-73)121(129)130/h25-36,41-64,85-88H,5-24,37-40,65-68H2,1-4H3,(H2,113,117,125)(H2,114,118,126)(H2,115,119,127)(H2,116,120,128). The predicted octanol–water partition coefficient (Wildman–Crippen LogP) is 29.8. The van der Waals surface area contributed by atoms with E-state index in [0.717, 1.165) is 147 Å². The molecule has 0 radical (unpaired) electrons. The van der Waals surface area contributed by atoms with Crippen LogP contribution in [-0.4, -0.2) is 71.0 Å². The van der Waals surface area contributed by atoms with E-state index in [0.29, 0.717) is 187 Å². The van der Waals surface area contributed by atoms with Gasteiger partial charge in [0.05, 0.1) is 41.9 Å². The molecule has 32 nitrogen and oxygen atoms in total. The highest BCUT2D eigenvalue weighted by molar-refractivity contribution is 6.04. The fraction of sp³-hybridized carbons (Fsp3) is 0.321. The SMILES string of the molecule is CCCCCCCC1c2cc3c4c(-c5cccc(NC(=O)Nc6ccc([N+](=O)[O-])cc6)c5)c2OCOc2c1cc1c(c2-c2cccc(NC(=O)Nc5ccc([N+](=O)[O-])cc5)c2)OCOc2c(cc5c(c2-c2cccc(NC(=O)Nc6ccc([N+](=O)[O-])cc6)c2)OCOc2c(cc(c(c2-c2cccc(NC(=O)Nc6ccc([N+](=O)[O-])cc6)c2)OCO4)C3CCCCCCC)C5CCCCCCC)C1CCCCCCC. The number of nitro benzene ring substituents is 4. The third kappa shape index (κ3) is 23.0. The van der Waals surface area contributed by atoms with Gasteiger partial charge in [0.2, 0.25) is 27.2 Å². The molecule has 0 atom stereocenters. The number of nitrogens with one attached hydrogen (secondary N) is 8. The van der Waals surface area contributed by atoms with Gasteiger partial charge in [-0.15, -0.1) is 0 Å². The summed E-state index contributed by atoms with van der Waals surface area (Å²) in [7, 11) is 0. The van der Waals surface area contributed by atoms with E-state index in [2.05, 4.69) is 94.5 Å². The third-order valence-electron chi connectivity index (χ3n) is 27.2. The van der Waals surface area contributed by atoms with Crippen molar-refractivity contribution in [2.45, 2.75) is 205 Å². The fourth-order valence-corrected chi connectivity index (χ4v) is 20.3. The van der Waals surface area contributed by atoms with Crippen LogP contribution in [-0.2, 0) is 0 Å². The molecule has 0 saturated heterocycles. The molecule has 0 fully saturated rings. The topological polar surface area (TPSA) is 411 Å². The van der Waals surface area contributed by atoms with Crippen molar-refractivity contribution in [2.24, 2.45) is 0 Å². The number of nitro groups is 4. The molecule has 32 heteroatoms. The number of ether oxygens (including phenoxy) is 8. The fourth-order valence-electron chi connectivity index (χ4n) is 20.3. The lowest BCUT2D eigenvalue weighted by atomic mass is 9.73. The molecule has 8 bridgehead atoms. The molecule has 4 heterocycles. The van der Waals surface area contributed by atoms with E-state index in [1.165, 1.54) is 97.1 Å². The molecule has 744 valence electrons. The van der Waals surface area contributed by atoms with E-state index in [-0.39, 0.29) is 22.7 Å². The van der Waals surface area contributed by atoms with E-state index >= 15 is 0 Å². The predicted molar refractivity (Wildman–Crippen MR) is 556 cm³/mol. The van der Waals surface area contributed by atoms with Gasteiger partial charge in [-0.2, -0.15) is 0 Å². The molecule has 17 rings (SSSR count). The van der Waals surface area contributed by atoms with Crippen molar-refractivity contribution in [3.8, 4) is 90.5 Å². The van der Waals surface area contributed by atoms with Crippen molar-refractivity contribution < 1.29 is 76.8 Å². The van der Waals surface area contributed by atoms with Gasteiger partial charge in [-0.05, 0) is 169 Å². The summed E-state index contributed by atoms with van der Waals surface area (Å²) in [6, 6.07) is 58.6. The van der Waals surface area contributed by atoms with Gasteiger partial charge in [0.15, 0.2) is 0 Å². The minimum atomic E-state index is -0.634. The van der Waals surface area contributed by atoms with Crippen molar-refractivity contribution >= 4 is 92.4 Å². The van der Waals surface area contributed by atoms with Crippen LogP contribution in [0.4, 0.5) is 87.4 Å². The molecule has 8 amide bonds. The summed E-state index contributed by atoms with van der Waals surface area (Å²) in [4.78, 5) is 103. The van der Waals surface area contributed by atoms with Gasteiger partial charge >= 0.3 is 24.1 Å². The highest BCUT2D eigenvalue weighted by atomic mass is 16.7. The Bertz CT molecular complexity index is 5840. The number of rotatable bonds is 40. The lowest BCUT2D eigenvalue weighted by Crippen LogP contribution is -2.24. The maximum Gasteiger partial charge on any atom is 0.323 e. The molecule has 0 saturated carbocycles. The average molecular weight is 1950 g/mol. The number of hydrogen-bond acceptors (Lipinski definition) is 20. The van der Waals surface area contributed by atoms with Gasteiger partial charge in [0, 0.05) is 162 Å². The van der Waals surface area contributed by atoms with Crippen LogP contribution in [0.1, 0.15) is 250 Å². The van der Waals surface area contributed by atoms with Crippen LogP contribution in [0.25, 0.3) is 44.5 Å². The van der Waals surface area contributed by atoms with Gasteiger partial charge in [-0.1, -0.05) is 205 Å². The Kier molecular flexibility index (Phi) is 32.0. The number of benzene rings is 12. The normalized spacial score (nSPS) is 14.8. The number of urea groups is 4. The monoisotopic (exact) mass is 1950 g/mol. The number of amides is 8. The Morgan fingerprint density at radius 3 is 0.583 bits per heavy atom. The van der Waals surface area contributed by atoms with Crippen molar-refractivity contribution in [1.29, 1.82) is 0 Å². The average Bonchev–Trinajstić information content (AvgIpc) is 0.710. The molecule has 144 heavy (non-hydrogen) atoms. The Hall–Kier alpha value is -16.3. The molecule has 12 aromatic carbocycles. The highest BCUT2D eigenvalue weighted by Gasteiger charge is 2.44. The van der Waals surface area contributed by atoms with E-state index in [9.17, 15) is 59.6 Å². The second-order valence-corrected chi connectivity index (χ2v) is 36.9. The third-order valence-corrected chi connectivity index (χ3v) is 27.2. The number of anilines is 8. The van der Waals surface area contributed by atoms with Gasteiger partial charge < -0.3 is 80.4 Å². The van der Waals surface area contributed by atoms with Gasteiger partial charge in [0.25, 0.3) is 22.7 Å². The zero-order valence-electron chi connectivity index (χ0n) is 80.8. The first-order valence-electron chi connectivity index (χ1n) is 49.8. The van der Waals surface area contributed by atoms with Crippen LogP contribution < -0.4 is 80.4 Å². The maximum atomic E-state index is 14.5. The lowest BCUT2D eigenvalue weighted by Gasteiger charge is -2.38. The molecular formula is C112H116N12O20. The molecule has 1 aliphatic carbocycles.